The van der Waals surface area contributed by atoms with Crippen molar-refractivity contribution in [2.75, 3.05) is 19.1 Å². The summed E-state index contributed by atoms with van der Waals surface area (Å²) in [5.74, 6) is 0.0166. The average Bonchev–Trinajstić information content (AvgIpc) is 2.34. The van der Waals surface area contributed by atoms with Crippen molar-refractivity contribution in [3.63, 3.8) is 0 Å². The van der Waals surface area contributed by atoms with Crippen molar-refractivity contribution in [1.29, 1.82) is 0 Å². The predicted octanol–water partition coefficient (Wildman–Crippen LogP) is 1.92. The van der Waals surface area contributed by atoms with Crippen LogP contribution >= 0.6 is 0 Å². The van der Waals surface area contributed by atoms with Crippen LogP contribution in [0.1, 0.15) is 29.8 Å². The van der Waals surface area contributed by atoms with Gasteiger partial charge in [0.15, 0.2) is 5.60 Å². The minimum atomic E-state index is -0.902. The Morgan fingerprint density at radius 2 is 2.00 bits per heavy atom. The Balaban J connectivity index is 2.58. The lowest BCUT2D eigenvalue weighted by Crippen LogP contribution is -2.51. The van der Waals surface area contributed by atoms with Crippen LogP contribution in [0.4, 0.5) is 5.69 Å². The lowest BCUT2D eigenvalue weighted by molar-refractivity contribution is -0.132. The molecule has 0 atom stereocenters. The minimum absolute atomic E-state index is 0.153. The van der Waals surface area contributed by atoms with Gasteiger partial charge in [-0.05, 0) is 38.5 Å². The molecule has 102 valence electrons. The summed E-state index contributed by atoms with van der Waals surface area (Å²) < 4.78 is 10.4. The van der Waals surface area contributed by atoms with E-state index in [1.165, 1.54) is 12.0 Å². The van der Waals surface area contributed by atoms with Crippen LogP contribution in [0.3, 0.4) is 0 Å². The maximum atomic E-state index is 12.1. The lowest BCUT2D eigenvalue weighted by atomic mass is 10.0. The Hall–Kier alpha value is -2.04. The topological polar surface area (TPSA) is 55.8 Å². The molecule has 1 aliphatic rings. The zero-order chi connectivity index (χ0) is 14.4. The number of aryl methyl sites for hydroxylation is 1. The highest BCUT2D eigenvalue weighted by molar-refractivity contribution is 6.03. The zero-order valence-corrected chi connectivity index (χ0v) is 11.7. The van der Waals surface area contributed by atoms with E-state index in [9.17, 15) is 9.59 Å². The molecule has 0 saturated carbocycles. The number of rotatable bonds is 1. The largest absolute Gasteiger partial charge is 0.476 e. The molecule has 19 heavy (non-hydrogen) atoms. The van der Waals surface area contributed by atoms with Crippen molar-refractivity contribution in [2.24, 2.45) is 0 Å². The first-order valence-corrected chi connectivity index (χ1v) is 5.98. The fraction of sp³-hybridized carbons (Fsp3) is 0.429. The van der Waals surface area contributed by atoms with Crippen LogP contribution in [0.2, 0.25) is 0 Å². The molecule has 1 heterocycles. The fourth-order valence-corrected chi connectivity index (χ4v) is 2.18. The van der Waals surface area contributed by atoms with Crippen LogP contribution < -0.4 is 9.64 Å². The van der Waals surface area contributed by atoms with E-state index >= 15 is 0 Å². The van der Waals surface area contributed by atoms with E-state index in [2.05, 4.69) is 0 Å². The third-order valence-electron chi connectivity index (χ3n) is 3.26. The van der Waals surface area contributed by atoms with E-state index < -0.39 is 11.6 Å². The Bertz CT molecular complexity index is 563. The predicted molar refractivity (Wildman–Crippen MR) is 70.6 cm³/mol. The number of methoxy groups -OCH3 is 1. The van der Waals surface area contributed by atoms with Crippen LogP contribution in [0, 0.1) is 6.92 Å². The summed E-state index contributed by atoms with van der Waals surface area (Å²) in [6.45, 7) is 5.25. The van der Waals surface area contributed by atoms with Gasteiger partial charge in [-0.3, -0.25) is 4.79 Å². The van der Waals surface area contributed by atoms with Gasteiger partial charge in [-0.15, -0.1) is 0 Å². The Kier molecular flexibility index (Phi) is 3.00. The molecule has 1 aromatic carbocycles. The van der Waals surface area contributed by atoms with Crippen molar-refractivity contribution >= 4 is 17.6 Å². The van der Waals surface area contributed by atoms with E-state index in [1.807, 2.05) is 0 Å². The van der Waals surface area contributed by atoms with Crippen LogP contribution in [-0.4, -0.2) is 31.6 Å². The Morgan fingerprint density at radius 1 is 1.37 bits per heavy atom. The summed E-state index contributed by atoms with van der Waals surface area (Å²) in [4.78, 5) is 25.3. The highest BCUT2D eigenvalue weighted by atomic mass is 16.5. The molecule has 0 N–H and O–H groups in total. The molecular formula is C14H17NO4. The molecule has 0 fully saturated rings. The number of ether oxygens (including phenoxy) is 2. The van der Waals surface area contributed by atoms with Gasteiger partial charge in [0.05, 0.1) is 18.4 Å². The van der Waals surface area contributed by atoms with Gasteiger partial charge in [-0.2, -0.15) is 0 Å². The summed E-state index contributed by atoms with van der Waals surface area (Å²) in [6, 6.07) is 3.38. The molecule has 0 aromatic heterocycles. The first-order valence-electron chi connectivity index (χ1n) is 5.98. The van der Waals surface area contributed by atoms with Crippen molar-refractivity contribution in [2.45, 2.75) is 26.4 Å². The monoisotopic (exact) mass is 263 g/mol. The third kappa shape index (κ3) is 2.05. The molecule has 0 unspecified atom stereocenters. The summed E-state index contributed by atoms with van der Waals surface area (Å²) >= 11 is 0. The number of likely N-dealkylation sites (N-methyl/N-ethyl adjacent to an activating group) is 1. The molecule has 2 rings (SSSR count). The fourth-order valence-electron chi connectivity index (χ4n) is 2.18. The third-order valence-corrected chi connectivity index (χ3v) is 3.26. The molecule has 0 spiro atoms. The van der Waals surface area contributed by atoms with E-state index in [0.29, 0.717) is 17.0 Å². The molecule has 5 heteroatoms. The summed E-state index contributed by atoms with van der Waals surface area (Å²) in [6.07, 6.45) is 0. The van der Waals surface area contributed by atoms with Crippen LogP contribution in [0.15, 0.2) is 12.1 Å². The van der Waals surface area contributed by atoms with Crippen molar-refractivity contribution in [3.05, 3.63) is 23.3 Å². The normalized spacial score (nSPS) is 16.7. The molecule has 1 aliphatic heterocycles. The van der Waals surface area contributed by atoms with E-state index in [-0.39, 0.29) is 5.91 Å². The number of carbonyl (C=O) groups is 2. The summed E-state index contributed by atoms with van der Waals surface area (Å²) in [5.41, 5.74) is 0.865. The van der Waals surface area contributed by atoms with Gasteiger partial charge in [0, 0.05) is 7.05 Å². The molecule has 0 aliphatic carbocycles. The van der Waals surface area contributed by atoms with Crippen molar-refractivity contribution in [3.8, 4) is 5.75 Å². The second kappa shape index (κ2) is 4.26. The number of hydrogen-bond acceptors (Lipinski definition) is 4. The number of amides is 1. The van der Waals surface area contributed by atoms with E-state index in [0.717, 1.165) is 5.56 Å². The van der Waals surface area contributed by atoms with Crippen LogP contribution in [0.25, 0.3) is 0 Å². The quantitative estimate of drug-likeness (QED) is 0.726. The zero-order valence-electron chi connectivity index (χ0n) is 11.7. The molecule has 1 amide bonds. The number of benzene rings is 1. The summed E-state index contributed by atoms with van der Waals surface area (Å²) in [5, 5.41) is 0. The van der Waals surface area contributed by atoms with Gasteiger partial charge in [-0.1, -0.05) is 0 Å². The first-order chi connectivity index (χ1) is 8.77. The standard InChI is InChI=1S/C14H17NO4/c1-8-6-11-10(7-9(8)12(16)18-5)15(4)13(17)14(2,3)19-11/h6-7H,1-5H3. The lowest BCUT2D eigenvalue weighted by Gasteiger charge is -2.37. The van der Waals surface area contributed by atoms with Crippen LogP contribution in [-0.2, 0) is 9.53 Å². The second-order valence-corrected chi connectivity index (χ2v) is 5.10. The number of nitrogens with zero attached hydrogens (tertiary/aromatic N) is 1. The number of hydrogen-bond donors (Lipinski definition) is 0. The Labute approximate surface area is 112 Å². The second-order valence-electron chi connectivity index (χ2n) is 5.10. The van der Waals surface area contributed by atoms with Gasteiger partial charge in [0.25, 0.3) is 5.91 Å². The van der Waals surface area contributed by atoms with E-state index in [4.69, 9.17) is 9.47 Å². The average molecular weight is 263 g/mol. The highest BCUT2D eigenvalue weighted by Gasteiger charge is 2.39. The molecule has 0 radical (unpaired) electrons. The van der Waals surface area contributed by atoms with Gasteiger partial charge < -0.3 is 14.4 Å². The van der Waals surface area contributed by atoms with E-state index in [1.54, 1.807) is 40.0 Å². The SMILES string of the molecule is COC(=O)c1cc2c(cc1C)OC(C)(C)C(=O)N2C. The molecule has 0 bridgehead atoms. The first kappa shape index (κ1) is 13.4. The Morgan fingerprint density at radius 3 is 2.58 bits per heavy atom. The molecule has 0 saturated heterocycles. The van der Waals surface area contributed by atoms with Gasteiger partial charge in [-0.25, -0.2) is 4.79 Å². The smallest absolute Gasteiger partial charge is 0.338 e. The van der Waals surface area contributed by atoms with Gasteiger partial charge in [0.1, 0.15) is 5.75 Å². The maximum Gasteiger partial charge on any atom is 0.338 e. The number of anilines is 1. The number of esters is 1. The number of fused-ring (bicyclic) bond motifs is 1. The highest BCUT2D eigenvalue weighted by Crippen LogP contribution is 2.38. The molecule has 5 nitrogen and oxygen atoms in total. The number of carbonyl (C=O) groups excluding carboxylic acids is 2. The summed E-state index contributed by atoms with van der Waals surface area (Å²) in [7, 11) is 3.00. The van der Waals surface area contributed by atoms with Crippen LogP contribution in [0.5, 0.6) is 5.75 Å². The van der Waals surface area contributed by atoms with Gasteiger partial charge >= 0.3 is 5.97 Å². The van der Waals surface area contributed by atoms with Crippen molar-refractivity contribution in [1.82, 2.24) is 0 Å². The van der Waals surface area contributed by atoms with Crippen molar-refractivity contribution < 1.29 is 19.1 Å². The molecular weight excluding hydrogens is 246 g/mol. The minimum Gasteiger partial charge on any atom is -0.476 e. The van der Waals surface area contributed by atoms with Gasteiger partial charge in [0.2, 0.25) is 0 Å². The molecule has 1 aromatic rings. The maximum absolute atomic E-state index is 12.1.